The van der Waals surface area contributed by atoms with Gasteiger partial charge in [0.2, 0.25) is 5.91 Å². The lowest BCUT2D eigenvalue weighted by molar-refractivity contribution is -0.134. The van der Waals surface area contributed by atoms with Gasteiger partial charge in [0.1, 0.15) is 11.4 Å². The number of amidine groups is 1. The number of nitrogens with one attached hydrogen (secondary N) is 2. The minimum Gasteiger partial charge on any atom is -0.348 e. The Morgan fingerprint density at radius 3 is 3.04 bits per heavy atom. The summed E-state index contributed by atoms with van der Waals surface area (Å²) in [5, 5.41) is 10.5. The summed E-state index contributed by atoms with van der Waals surface area (Å²) in [6.07, 6.45) is 9.99. The van der Waals surface area contributed by atoms with E-state index in [4.69, 9.17) is 0 Å². The number of carbonyl (C=O) groups excluding carboxylic acids is 2. The van der Waals surface area contributed by atoms with Crippen molar-refractivity contribution in [2.75, 3.05) is 0 Å². The zero-order chi connectivity index (χ0) is 18.3. The van der Waals surface area contributed by atoms with E-state index in [0.717, 1.165) is 30.5 Å². The zero-order valence-corrected chi connectivity index (χ0v) is 15.1. The van der Waals surface area contributed by atoms with E-state index in [0.29, 0.717) is 12.4 Å². The van der Waals surface area contributed by atoms with Crippen molar-refractivity contribution in [1.29, 1.82) is 0 Å². The summed E-state index contributed by atoms with van der Waals surface area (Å²) in [5.41, 5.74) is 3.34. The lowest BCUT2D eigenvalue weighted by Crippen LogP contribution is -2.59. The van der Waals surface area contributed by atoms with Crippen LogP contribution in [-0.4, -0.2) is 38.3 Å². The minimum absolute atomic E-state index is 0.0538. The summed E-state index contributed by atoms with van der Waals surface area (Å²) in [6.45, 7) is 4.09. The Balaban J connectivity index is 1.52. The molecular formula is C19H23N5O2. The molecule has 26 heavy (non-hydrogen) atoms. The number of aryl methyl sites for hydroxylation is 1. The Bertz CT molecular complexity index is 863. The maximum Gasteiger partial charge on any atom is 0.250 e. The van der Waals surface area contributed by atoms with Crippen LogP contribution < -0.4 is 5.32 Å². The summed E-state index contributed by atoms with van der Waals surface area (Å²) in [5.74, 6) is 0.0601. The van der Waals surface area contributed by atoms with Crippen LogP contribution in [0, 0.1) is 0 Å². The number of hydrogen-bond acceptors (Lipinski definition) is 4. The number of aliphatic imine (C=N–C) groups is 1. The van der Waals surface area contributed by atoms with E-state index in [1.807, 2.05) is 25.3 Å². The quantitative estimate of drug-likeness (QED) is 0.866. The fourth-order valence-electron chi connectivity index (χ4n) is 3.88. The molecule has 1 aromatic heterocycles. The second-order valence-electron chi connectivity index (χ2n) is 7.41. The molecule has 2 aliphatic heterocycles. The Kier molecular flexibility index (Phi) is 4.01. The summed E-state index contributed by atoms with van der Waals surface area (Å²) in [6, 6.07) is 0. The number of aromatic amines is 1. The van der Waals surface area contributed by atoms with Crippen LogP contribution in [-0.2, 0) is 29.0 Å². The van der Waals surface area contributed by atoms with Crippen molar-refractivity contribution in [2.24, 2.45) is 4.99 Å². The maximum atomic E-state index is 13.0. The van der Waals surface area contributed by atoms with Gasteiger partial charge in [-0.3, -0.25) is 14.7 Å². The molecule has 7 heteroatoms. The maximum absolute atomic E-state index is 13.0. The number of hydrogen-bond donors (Lipinski definition) is 2. The van der Waals surface area contributed by atoms with Crippen LogP contribution in [0.2, 0.25) is 0 Å². The Morgan fingerprint density at radius 1 is 1.38 bits per heavy atom. The topological polar surface area (TPSA) is 90.5 Å². The number of nitrogens with zero attached hydrogens (tertiary/aromatic N) is 3. The molecule has 0 aromatic carbocycles. The smallest absolute Gasteiger partial charge is 0.250 e. The van der Waals surface area contributed by atoms with Crippen molar-refractivity contribution in [3.8, 4) is 0 Å². The summed E-state index contributed by atoms with van der Waals surface area (Å²) < 4.78 is 0. The third kappa shape index (κ3) is 2.77. The second-order valence-corrected chi connectivity index (χ2v) is 7.41. The van der Waals surface area contributed by atoms with E-state index in [-0.39, 0.29) is 18.2 Å². The molecule has 1 aromatic rings. The molecule has 0 fully saturated rings. The van der Waals surface area contributed by atoms with Crippen LogP contribution in [0.1, 0.15) is 50.1 Å². The standard InChI is InChI=1S/C19H23N5O2/c1-12-7-8-24-16(9-12)21-17(25)10-19(24,2)18(26)20-11-15-13-5-3-4-6-14(13)22-23-15/h7-9H,3-6,10-11H2,1-2H3,(H,20,26)(H,22,23). The molecule has 3 heterocycles. The molecule has 1 atom stereocenters. The highest BCUT2D eigenvalue weighted by molar-refractivity contribution is 6.09. The van der Waals surface area contributed by atoms with Gasteiger partial charge in [0, 0.05) is 11.9 Å². The van der Waals surface area contributed by atoms with Crippen molar-refractivity contribution in [3.05, 3.63) is 40.9 Å². The fraction of sp³-hybridized carbons (Fsp3) is 0.474. The Hall–Kier alpha value is -2.70. The van der Waals surface area contributed by atoms with Crippen molar-refractivity contribution in [2.45, 2.75) is 58.0 Å². The van der Waals surface area contributed by atoms with Gasteiger partial charge in [0.15, 0.2) is 0 Å². The van der Waals surface area contributed by atoms with Gasteiger partial charge in [-0.05, 0) is 62.8 Å². The lowest BCUT2D eigenvalue weighted by atomic mass is 9.90. The highest BCUT2D eigenvalue weighted by Crippen LogP contribution is 2.29. The number of aromatic nitrogens is 2. The predicted molar refractivity (Wildman–Crippen MR) is 97.3 cm³/mol. The van der Waals surface area contributed by atoms with E-state index in [1.54, 1.807) is 11.8 Å². The molecule has 0 spiro atoms. The molecule has 0 radical (unpaired) electrons. The highest BCUT2D eigenvalue weighted by Gasteiger charge is 2.45. The van der Waals surface area contributed by atoms with E-state index in [2.05, 4.69) is 20.5 Å². The Morgan fingerprint density at radius 2 is 2.19 bits per heavy atom. The van der Waals surface area contributed by atoms with Gasteiger partial charge in [-0.25, -0.2) is 0 Å². The van der Waals surface area contributed by atoms with Crippen molar-refractivity contribution >= 4 is 17.6 Å². The van der Waals surface area contributed by atoms with Crippen LogP contribution >= 0.6 is 0 Å². The number of amides is 2. The molecule has 0 saturated heterocycles. The molecule has 1 aliphatic carbocycles. The largest absolute Gasteiger partial charge is 0.348 e. The molecule has 2 N–H and O–H groups in total. The van der Waals surface area contributed by atoms with Gasteiger partial charge in [-0.2, -0.15) is 10.1 Å². The van der Waals surface area contributed by atoms with Gasteiger partial charge < -0.3 is 10.2 Å². The van der Waals surface area contributed by atoms with Gasteiger partial charge in [-0.1, -0.05) is 0 Å². The SMILES string of the molecule is CC1=CC2=NC(=O)CC(C)(C(=O)NCc3n[nH]c4c3CCCC4)N2C=C1. The molecular weight excluding hydrogens is 330 g/mol. The van der Waals surface area contributed by atoms with Crippen LogP contribution in [0.25, 0.3) is 0 Å². The second kappa shape index (κ2) is 6.23. The molecule has 4 rings (SSSR count). The summed E-state index contributed by atoms with van der Waals surface area (Å²) in [7, 11) is 0. The average Bonchev–Trinajstić information content (AvgIpc) is 3.02. The van der Waals surface area contributed by atoms with E-state index >= 15 is 0 Å². The Labute approximate surface area is 152 Å². The average molecular weight is 353 g/mol. The van der Waals surface area contributed by atoms with Crippen LogP contribution in [0.3, 0.4) is 0 Å². The van der Waals surface area contributed by atoms with E-state index in [9.17, 15) is 9.59 Å². The summed E-state index contributed by atoms with van der Waals surface area (Å²) in [4.78, 5) is 31.0. The molecule has 0 bridgehead atoms. The number of rotatable bonds is 3. The van der Waals surface area contributed by atoms with Crippen molar-refractivity contribution in [3.63, 3.8) is 0 Å². The minimum atomic E-state index is -0.988. The first-order valence-corrected chi connectivity index (χ1v) is 9.08. The number of fused-ring (bicyclic) bond motifs is 2. The number of H-pyrrole nitrogens is 1. The van der Waals surface area contributed by atoms with E-state index in [1.165, 1.54) is 17.7 Å². The molecule has 3 aliphatic rings. The van der Waals surface area contributed by atoms with Gasteiger partial charge >= 0.3 is 0 Å². The first-order chi connectivity index (χ1) is 12.5. The van der Waals surface area contributed by atoms with E-state index < -0.39 is 5.54 Å². The molecule has 1 unspecified atom stereocenters. The van der Waals surface area contributed by atoms with Gasteiger partial charge in [0.25, 0.3) is 5.91 Å². The molecule has 2 amide bonds. The fourth-order valence-corrected chi connectivity index (χ4v) is 3.88. The highest BCUT2D eigenvalue weighted by atomic mass is 16.2. The number of carbonyl (C=O) groups is 2. The molecule has 7 nitrogen and oxygen atoms in total. The first kappa shape index (κ1) is 16.8. The van der Waals surface area contributed by atoms with Gasteiger partial charge in [-0.15, -0.1) is 0 Å². The normalized spacial score (nSPS) is 24.5. The van der Waals surface area contributed by atoms with Crippen molar-refractivity contribution < 1.29 is 9.59 Å². The monoisotopic (exact) mass is 353 g/mol. The lowest BCUT2D eigenvalue weighted by Gasteiger charge is -2.42. The third-order valence-electron chi connectivity index (χ3n) is 5.40. The predicted octanol–water partition coefficient (Wildman–Crippen LogP) is 1.77. The van der Waals surface area contributed by atoms with Crippen LogP contribution in [0.15, 0.2) is 28.9 Å². The number of allylic oxidation sites excluding steroid dienone is 2. The van der Waals surface area contributed by atoms with Gasteiger partial charge in [0.05, 0.1) is 18.7 Å². The first-order valence-electron chi connectivity index (χ1n) is 9.08. The molecule has 0 saturated carbocycles. The third-order valence-corrected chi connectivity index (χ3v) is 5.40. The van der Waals surface area contributed by atoms with Crippen LogP contribution in [0.5, 0.6) is 0 Å². The summed E-state index contributed by atoms with van der Waals surface area (Å²) >= 11 is 0. The van der Waals surface area contributed by atoms with Crippen LogP contribution in [0.4, 0.5) is 0 Å². The molecule has 136 valence electrons. The van der Waals surface area contributed by atoms with Crippen molar-refractivity contribution in [1.82, 2.24) is 20.4 Å². The zero-order valence-electron chi connectivity index (χ0n) is 15.1.